The average Bonchev–Trinajstić information content (AvgIpc) is 2.45. The summed E-state index contributed by atoms with van der Waals surface area (Å²) in [6, 6.07) is 6.72. The van der Waals surface area contributed by atoms with Crippen LogP contribution >= 0.6 is 0 Å². The Labute approximate surface area is 117 Å². The van der Waals surface area contributed by atoms with E-state index in [1.165, 1.54) is 6.07 Å². The quantitative estimate of drug-likeness (QED) is 0.821. The predicted octanol–water partition coefficient (Wildman–Crippen LogP) is 3.37. The normalized spacial score (nSPS) is 11.9. The minimum Gasteiger partial charge on any atom is -0.491 e. The predicted molar refractivity (Wildman–Crippen MR) is 78.3 cm³/mol. The van der Waals surface area contributed by atoms with Crippen molar-refractivity contribution in [3.8, 4) is 5.75 Å². The lowest BCUT2D eigenvalue weighted by Gasteiger charge is -2.18. The number of hydrogen-bond acceptors (Lipinski definition) is 4. The maximum Gasteiger partial charge on any atom is 0.167 e. The summed E-state index contributed by atoms with van der Waals surface area (Å²) in [4.78, 5) is 3.98. The van der Waals surface area contributed by atoms with Crippen LogP contribution in [0.4, 0.5) is 15.8 Å². The topological polar surface area (TPSA) is 60.2 Å². The van der Waals surface area contributed by atoms with Crippen molar-refractivity contribution in [1.82, 2.24) is 4.98 Å². The molecule has 0 aliphatic carbocycles. The largest absolute Gasteiger partial charge is 0.491 e. The lowest BCUT2D eigenvalue weighted by Crippen LogP contribution is -2.09. The van der Waals surface area contributed by atoms with E-state index in [-0.39, 0.29) is 11.8 Å². The van der Waals surface area contributed by atoms with E-state index in [0.717, 1.165) is 5.56 Å². The molecule has 0 radical (unpaired) electrons. The molecule has 0 saturated carbocycles. The van der Waals surface area contributed by atoms with Crippen LogP contribution < -0.4 is 15.8 Å². The van der Waals surface area contributed by atoms with Crippen molar-refractivity contribution in [2.24, 2.45) is 0 Å². The number of anilines is 2. The second-order valence-corrected chi connectivity index (χ2v) is 4.45. The smallest absolute Gasteiger partial charge is 0.167 e. The van der Waals surface area contributed by atoms with E-state index in [4.69, 9.17) is 10.5 Å². The number of rotatable bonds is 5. The van der Waals surface area contributed by atoms with Crippen LogP contribution in [0.5, 0.6) is 5.75 Å². The molecule has 2 aromatic rings. The summed E-state index contributed by atoms with van der Waals surface area (Å²) in [6.07, 6.45) is 3.46. The van der Waals surface area contributed by atoms with Crippen molar-refractivity contribution >= 4 is 11.4 Å². The fraction of sp³-hybridized carbons (Fsp3) is 0.267. The van der Waals surface area contributed by atoms with Crippen molar-refractivity contribution in [3.63, 3.8) is 0 Å². The molecule has 0 fully saturated rings. The molecule has 1 aromatic carbocycles. The highest BCUT2D eigenvalue weighted by molar-refractivity contribution is 5.69. The lowest BCUT2D eigenvalue weighted by atomic mass is 10.1. The second kappa shape index (κ2) is 6.23. The first kappa shape index (κ1) is 14.1. The fourth-order valence-electron chi connectivity index (χ4n) is 1.93. The molecule has 3 N–H and O–H groups in total. The van der Waals surface area contributed by atoms with Gasteiger partial charge in [0.1, 0.15) is 0 Å². The minimum atomic E-state index is -0.452. The molecule has 106 valence electrons. The van der Waals surface area contributed by atoms with Crippen molar-refractivity contribution in [2.45, 2.75) is 19.9 Å². The molecule has 5 heteroatoms. The van der Waals surface area contributed by atoms with Crippen LogP contribution in [0.25, 0.3) is 0 Å². The molecule has 0 saturated heterocycles. The summed E-state index contributed by atoms with van der Waals surface area (Å²) >= 11 is 0. The molecule has 1 aromatic heterocycles. The van der Waals surface area contributed by atoms with E-state index in [9.17, 15) is 4.39 Å². The summed E-state index contributed by atoms with van der Waals surface area (Å²) in [7, 11) is 0. The summed E-state index contributed by atoms with van der Waals surface area (Å²) in [5, 5.41) is 3.25. The Balaban J connectivity index is 2.22. The van der Waals surface area contributed by atoms with E-state index in [2.05, 4.69) is 10.3 Å². The number of nitrogens with one attached hydrogen (secondary N) is 1. The van der Waals surface area contributed by atoms with E-state index in [1.807, 2.05) is 26.0 Å². The Morgan fingerprint density at radius 2 is 2.05 bits per heavy atom. The highest BCUT2D eigenvalue weighted by Gasteiger charge is 2.12. The molecule has 0 spiro atoms. The molecule has 4 nitrogen and oxygen atoms in total. The number of hydrogen-bond donors (Lipinski definition) is 2. The second-order valence-electron chi connectivity index (χ2n) is 4.45. The van der Waals surface area contributed by atoms with Crippen molar-refractivity contribution in [2.75, 3.05) is 17.7 Å². The van der Waals surface area contributed by atoms with Gasteiger partial charge < -0.3 is 15.8 Å². The molecule has 0 bridgehead atoms. The van der Waals surface area contributed by atoms with Crippen LogP contribution in [0, 0.1) is 5.82 Å². The molecule has 0 aliphatic heterocycles. The van der Waals surface area contributed by atoms with Crippen LogP contribution in [-0.4, -0.2) is 11.6 Å². The van der Waals surface area contributed by atoms with Gasteiger partial charge in [0, 0.05) is 30.6 Å². The Bertz CT molecular complexity index is 575. The monoisotopic (exact) mass is 275 g/mol. The van der Waals surface area contributed by atoms with Gasteiger partial charge >= 0.3 is 0 Å². The Morgan fingerprint density at radius 3 is 2.70 bits per heavy atom. The molecule has 1 unspecified atom stereocenters. The van der Waals surface area contributed by atoms with Gasteiger partial charge in [-0.05, 0) is 31.5 Å². The van der Waals surface area contributed by atoms with Gasteiger partial charge in [-0.15, -0.1) is 0 Å². The number of nitrogens with two attached hydrogens (primary N) is 1. The van der Waals surface area contributed by atoms with Gasteiger partial charge in [0.2, 0.25) is 0 Å². The van der Waals surface area contributed by atoms with Gasteiger partial charge in [-0.3, -0.25) is 4.98 Å². The third kappa shape index (κ3) is 3.17. The number of benzene rings is 1. The number of ether oxygens (including phenoxy) is 1. The Morgan fingerprint density at radius 1 is 1.35 bits per heavy atom. The van der Waals surface area contributed by atoms with E-state index >= 15 is 0 Å². The zero-order chi connectivity index (χ0) is 14.5. The third-order valence-corrected chi connectivity index (χ3v) is 2.98. The maximum absolute atomic E-state index is 13.6. The molecule has 20 heavy (non-hydrogen) atoms. The van der Waals surface area contributed by atoms with Crippen molar-refractivity contribution in [1.29, 1.82) is 0 Å². The SMILES string of the molecule is CCOc1cc(NC(C)c2ccncc2)c(N)cc1F. The Hall–Kier alpha value is -2.30. The summed E-state index contributed by atoms with van der Waals surface area (Å²) < 4.78 is 18.9. The first-order valence-corrected chi connectivity index (χ1v) is 6.50. The zero-order valence-corrected chi connectivity index (χ0v) is 11.6. The van der Waals surface area contributed by atoms with Crippen LogP contribution in [0.15, 0.2) is 36.7 Å². The first-order chi connectivity index (χ1) is 9.61. The van der Waals surface area contributed by atoms with Crippen LogP contribution in [0.2, 0.25) is 0 Å². The van der Waals surface area contributed by atoms with Gasteiger partial charge in [-0.2, -0.15) is 0 Å². The molecule has 1 atom stereocenters. The van der Waals surface area contributed by atoms with E-state index in [1.54, 1.807) is 18.5 Å². The molecule has 2 rings (SSSR count). The lowest BCUT2D eigenvalue weighted by molar-refractivity contribution is 0.322. The Kier molecular flexibility index (Phi) is 4.40. The third-order valence-electron chi connectivity index (χ3n) is 2.98. The number of nitrogen functional groups attached to an aromatic ring is 1. The molecular weight excluding hydrogens is 257 g/mol. The highest BCUT2D eigenvalue weighted by Crippen LogP contribution is 2.30. The van der Waals surface area contributed by atoms with Gasteiger partial charge in [0.15, 0.2) is 11.6 Å². The van der Waals surface area contributed by atoms with Gasteiger partial charge in [0.25, 0.3) is 0 Å². The summed E-state index contributed by atoms with van der Waals surface area (Å²) in [5.74, 6) is -0.252. The van der Waals surface area contributed by atoms with Crippen LogP contribution in [0.3, 0.4) is 0 Å². The minimum absolute atomic E-state index is 0.0280. The number of pyridine rings is 1. The van der Waals surface area contributed by atoms with E-state index < -0.39 is 5.82 Å². The molecule has 1 heterocycles. The fourth-order valence-corrected chi connectivity index (χ4v) is 1.93. The van der Waals surface area contributed by atoms with Gasteiger partial charge in [-0.25, -0.2) is 4.39 Å². The van der Waals surface area contributed by atoms with Crippen molar-refractivity contribution < 1.29 is 9.13 Å². The number of aromatic nitrogens is 1. The molecule has 0 aliphatic rings. The first-order valence-electron chi connectivity index (χ1n) is 6.50. The highest BCUT2D eigenvalue weighted by atomic mass is 19.1. The molecular formula is C15H18FN3O. The van der Waals surface area contributed by atoms with Crippen molar-refractivity contribution in [3.05, 3.63) is 48.0 Å². The zero-order valence-electron chi connectivity index (χ0n) is 11.6. The molecule has 0 amide bonds. The standard InChI is InChI=1S/C15H18FN3O/c1-3-20-15-9-14(13(17)8-12(15)16)19-10(2)11-4-6-18-7-5-11/h4-10,19H,3,17H2,1-2H3. The van der Waals surface area contributed by atoms with Gasteiger partial charge in [0.05, 0.1) is 18.0 Å². The van der Waals surface area contributed by atoms with Crippen LogP contribution in [0.1, 0.15) is 25.5 Å². The summed E-state index contributed by atoms with van der Waals surface area (Å²) in [6.45, 7) is 4.21. The average molecular weight is 275 g/mol. The van der Waals surface area contributed by atoms with Crippen LogP contribution in [-0.2, 0) is 0 Å². The number of halogens is 1. The maximum atomic E-state index is 13.6. The van der Waals surface area contributed by atoms with E-state index in [0.29, 0.717) is 18.0 Å². The summed E-state index contributed by atoms with van der Waals surface area (Å²) in [5.41, 5.74) is 7.92. The number of nitrogens with zero attached hydrogens (tertiary/aromatic N) is 1. The van der Waals surface area contributed by atoms with Gasteiger partial charge in [-0.1, -0.05) is 0 Å².